The molecular formula is C16H20N2. The predicted molar refractivity (Wildman–Crippen MR) is 76.6 cm³/mol. The molecule has 0 saturated carbocycles. The van der Waals surface area contributed by atoms with Gasteiger partial charge in [-0.25, -0.2) is 0 Å². The van der Waals surface area contributed by atoms with Gasteiger partial charge in [0.1, 0.15) is 0 Å². The van der Waals surface area contributed by atoms with Crippen LogP contribution in [0.2, 0.25) is 0 Å². The van der Waals surface area contributed by atoms with Crippen molar-refractivity contribution in [3.63, 3.8) is 0 Å². The lowest BCUT2D eigenvalue weighted by Gasteiger charge is -2.19. The van der Waals surface area contributed by atoms with Gasteiger partial charge in [-0.3, -0.25) is 0 Å². The zero-order valence-corrected chi connectivity index (χ0v) is 10.8. The van der Waals surface area contributed by atoms with Gasteiger partial charge in [0, 0.05) is 6.04 Å². The number of hydrogen-bond acceptors (Lipinski definition) is 2. The molecule has 2 nitrogen and oxygen atoms in total. The zero-order chi connectivity index (χ0) is 12.5. The third kappa shape index (κ3) is 2.14. The van der Waals surface area contributed by atoms with Crippen molar-refractivity contribution >= 4 is 10.8 Å². The van der Waals surface area contributed by atoms with Crippen LogP contribution in [0.3, 0.4) is 0 Å². The van der Waals surface area contributed by atoms with Gasteiger partial charge < -0.3 is 11.1 Å². The molecular weight excluding hydrogens is 220 g/mol. The summed E-state index contributed by atoms with van der Waals surface area (Å²) >= 11 is 0. The molecule has 1 aliphatic rings. The summed E-state index contributed by atoms with van der Waals surface area (Å²) in [7, 11) is 0. The molecule has 2 atom stereocenters. The molecule has 2 aromatic carbocycles. The van der Waals surface area contributed by atoms with Crippen LogP contribution in [0.25, 0.3) is 10.8 Å². The Morgan fingerprint density at radius 3 is 2.72 bits per heavy atom. The highest BCUT2D eigenvalue weighted by molar-refractivity contribution is 5.83. The lowest BCUT2D eigenvalue weighted by Crippen LogP contribution is -2.23. The first-order valence-corrected chi connectivity index (χ1v) is 6.71. The molecule has 0 bridgehead atoms. The van der Waals surface area contributed by atoms with Gasteiger partial charge >= 0.3 is 0 Å². The fraction of sp³-hybridized carbons (Fsp3) is 0.375. The number of nitrogens with one attached hydrogen (secondary N) is 1. The standard InChI is InChI=1S/C16H20N2/c1-11-2-3-13-9-14(5-4-12(13)8-11)16(17)15-6-7-18-10-15/h2-5,8-9,15-16,18H,6-7,10,17H2,1H3. The van der Waals surface area contributed by atoms with E-state index in [1.807, 2.05) is 0 Å². The molecule has 18 heavy (non-hydrogen) atoms. The van der Waals surface area contributed by atoms with Crippen LogP contribution in [0, 0.1) is 12.8 Å². The van der Waals surface area contributed by atoms with E-state index in [0.29, 0.717) is 5.92 Å². The Labute approximate surface area is 108 Å². The van der Waals surface area contributed by atoms with E-state index in [-0.39, 0.29) is 6.04 Å². The van der Waals surface area contributed by atoms with E-state index in [9.17, 15) is 0 Å². The minimum atomic E-state index is 0.158. The largest absolute Gasteiger partial charge is 0.324 e. The molecule has 3 N–H and O–H groups in total. The summed E-state index contributed by atoms with van der Waals surface area (Å²) in [5.41, 5.74) is 8.95. The van der Waals surface area contributed by atoms with Crippen molar-refractivity contribution < 1.29 is 0 Å². The van der Waals surface area contributed by atoms with E-state index in [0.717, 1.165) is 13.1 Å². The average molecular weight is 240 g/mol. The molecule has 1 heterocycles. The minimum absolute atomic E-state index is 0.158. The molecule has 2 heteroatoms. The predicted octanol–water partition coefficient (Wildman–Crippen LogP) is 2.76. The fourth-order valence-corrected chi connectivity index (χ4v) is 2.85. The van der Waals surface area contributed by atoms with Crippen LogP contribution < -0.4 is 11.1 Å². The number of nitrogens with two attached hydrogens (primary N) is 1. The van der Waals surface area contributed by atoms with Gasteiger partial charge in [0.15, 0.2) is 0 Å². The van der Waals surface area contributed by atoms with Crippen molar-refractivity contribution in [2.45, 2.75) is 19.4 Å². The first kappa shape index (κ1) is 11.7. The topological polar surface area (TPSA) is 38.0 Å². The smallest absolute Gasteiger partial charge is 0.0336 e. The van der Waals surface area contributed by atoms with Gasteiger partial charge in [-0.2, -0.15) is 0 Å². The highest BCUT2D eigenvalue weighted by Gasteiger charge is 2.22. The van der Waals surface area contributed by atoms with Crippen molar-refractivity contribution in [2.75, 3.05) is 13.1 Å². The summed E-state index contributed by atoms with van der Waals surface area (Å²) in [6, 6.07) is 13.4. The van der Waals surface area contributed by atoms with E-state index in [1.165, 1.54) is 28.3 Å². The monoisotopic (exact) mass is 240 g/mol. The Kier molecular flexibility index (Phi) is 3.06. The molecule has 0 amide bonds. The van der Waals surface area contributed by atoms with Gasteiger partial charge in [-0.1, -0.05) is 35.9 Å². The summed E-state index contributed by atoms with van der Waals surface area (Å²) in [5, 5.41) is 5.98. The molecule has 2 unspecified atom stereocenters. The highest BCUT2D eigenvalue weighted by atomic mass is 14.9. The number of rotatable bonds is 2. The maximum atomic E-state index is 6.38. The van der Waals surface area contributed by atoms with Gasteiger partial charge in [0.2, 0.25) is 0 Å². The van der Waals surface area contributed by atoms with Crippen molar-refractivity contribution in [2.24, 2.45) is 11.7 Å². The third-order valence-corrected chi connectivity index (χ3v) is 4.01. The van der Waals surface area contributed by atoms with Gasteiger partial charge in [-0.15, -0.1) is 0 Å². The van der Waals surface area contributed by atoms with Crippen LogP contribution in [-0.2, 0) is 0 Å². The maximum absolute atomic E-state index is 6.38. The summed E-state index contributed by atoms with van der Waals surface area (Å²) in [6.07, 6.45) is 1.19. The van der Waals surface area contributed by atoms with Crippen molar-refractivity contribution in [1.29, 1.82) is 0 Å². The van der Waals surface area contributed by atoms with Crippen molar-refractivity contribution in [3.8, 4) is 0 Å². The molecule has 1 aliphatic heterocycles. The maximum Gasteiger partial charge on any atom is 0.0336 e. The zero-order valence-electron chi connectivity index (χ0n) is 10.8. The SMILES string of the molecule is Cc1ccc2cc(C(N)C3CCNC3)ccc2c1. The Hall–Kier alpha value is -1.38. The molecule has 0 aliphatic carbocycles. The van der Waals surface area contributed by atoms with Gasteiger partial charge in [-0.05, 0) is 54.8 Å². The van der Waals surface area contributed by atoms with Crippen LogP contribution in [0.4, 0.5) is 0 Å². The van der Waals surface area contributed by atoms with Gasteiger partial charge in [0.25, 0.3) is 0 Å². The van der Waals surface area contributed by atoms with E-state index < -0.39 is 0 Å². The Morgan fingerprint density at radius 2 is 1.94 bits per heavy atom. The fourth-order valence-electron chi connectivity index (χ4n) is 2.85. The molecule has 1 saturated heterocycles. The Morgan fingerprint density at radius 1 is 1.17 bits per heavy atom. The first-order valence-electron chi connectivity index (χ1n) is 6.71. The quantitative estimate of drug-likeness (QED) is 0.847. The lowest BCUT2D eigenvalue weighted by molar-refractivity contribution is 0.470. The summed E-state index contributed by atoms with van der Waals surface area (Å²) in [4.78, 5) is 0. The van der Waals surface area contributed by atoms with Crippen molar-refractivity contribution in [3.05, 3.63) is 47.5 Å². The molecule has 1 fully saturated rings. The number of benzene rings is 2. The minimum Gasteiger partial charge on any atom is -0.324 e. The molecule has 0 radical (unpaired) electrons. The molecule has 0 aromatic heterocycles. The molecule has 2 aromatic rings. The lowest BCUT2D eigenvalue weighted by atomic mass is 9.91. The van der Waals surface area contributed by atoms with Crippen molar-refractivity contribution in [1.82, 2.24) is 5.32 Å². The number of aryl methyl sites for hydroxylation is 1. The van der Waals surface area contributed by atoms with Crippen LogP contribution in [0.15, 0.2) is 36.4 Å². The number of hydrogen-bond donors (Lipinski definition) is 2. The second-order valence-corrected chi connectivity index (χ2v) is 5.39. The molecule has 0 spiro atoms. The van der Waals surface area contributed by atoms with E-state index in [1.54, 1.807) is 0 Å². The van der Waals surface area contributed by atoms with Crippen LogP contribution in [-0.4, -0.2) is 13.1 Å². The average Bonchev–Trinajstić information content (AvgIpc) is 2.91. The third-order valence-electron chi connectivity index (χ3n) is 4.01. The van der Waals surface area contributed by atoms with Crippen LogP contribution >= 0.6 is 0 Å². The summed E-state index contributed by atoms with van der Waals surface area (Å²) < 4.78 is 0. The molecule has 94 valence electrons. The molecule has 3 rings (SSSR count). The van der Waals surface area contributed by atoms with Gasteiger partial charge in [0.05, 0.1) is 0 Å². The number of fused-ring (bicyclic) bond motifs is 1. The second kappa shape index (κ2) is 4.71. The Balaban J connectivity index is 1.94. The van der Waals surface area contributed by atoms with E-state index >= 15 is 0 Å². The van der Waals surface area contributed by atoms with E-state index in [2.05, 4.69) is 48.6 Å². The van der Waals surface area contributed by atoms with E-state index in [4.69, 9.17) is 5.73 Å². The summed E-state index contributed by atoms with van der Waals surface area (Å²) in [6.45, 7) is 4.28. The second-order valence-electron chi connectivity index (χ2n) is 5.39. The van der Waals surface area contributed by atoms with Crippen LogP contribution in [0.5, 0.6) is 0 Å². The highest BCUT2D eigenvalue weighted by Crippen LogP contribution is 2.27. The Bertz CT molecular complexity index is 556. The normalized spacial score (nSPS) is 21.3. The first-order chi connectivity index (χ1) is 8.74. The van der Waals surface area contributed by atoms with Crippen LogP contribution in [0.1, 0.15) is 23.6 Å². The summed E-state index contributed by atoms with van der Waals surface area (Å²) in [5.74, 6) is 0.577.